The fourth-order valence-corrected chi connectivity index (χ4v) is 3.22. The number of rotatable bonds is 7. The number of methoxy groups -OCH3 is 3. The van der Waals surface area contributed by atoms with E-state index in [4.69, 9.17) is 14.2 Å². The second-order valence-electron chi connectivity index (χ2n) is 6.45. The second-order valence-corrected chi connectivity index (χ2v) is 6.45. The van der Waals surface area contributed by atoms with Crippen LogP contribution in [-0.2, 0) is 6.42 Å². The zero-order valence-corrected chi connectivity index (χ0v) is 16.9. The molecule has 0 aliphatic carbocycles. The van der Waals surface area contributed by atoms with E-state index in [1.165, 1.54) is 5.56 Å². The Labute approximate surface area is 167 Å². The summed E-state index contributed by atoms with van der Waals surface area (Å²) in [5, 5.41) is 0. The van der Waals surface area contributed by atoms with E-state index in [1.807, 2.05) is 36.4 Å². The van der Waals surface area contributed by atoms with E-state index in [1.54, 1.807) is 21.3 Å². The van der Waals surface area contributed by atoms with Gasteiger partial charge in [0.1, 0.15) is 17.2 Å². The summed E-state index contributed by atoms with van der Waals surface area (Å²) < 4.78 is 16.6. The van der Waals surface area contributed by atoms with Crippen LogP contribution in [0.1, 0.15) is 29.2 Å². The highest BCUT2D eigenvalue weighted by Gasteiger charge is 2.12. The molecule has 0 spiro atoms. The van der Waals surface area contributed by atoms with Crippen LogP contribution in [0.15, 0.2) is 66.7 Å². The van der Waals surface area contributed by atoms with E-state index < -0.39 is 0 Å². The molecule has 0 heterocycles. The molecule has 144 valence electrons. The Morgan fingerprint density at radius 2 is 1.43 bits per heavy atom. The minimum Gasteiger partial charge on any atom is -0.497 e. The molecule has 0 aliphatic heterocycles. The number of hydrogen-bond donors (Lipinski definition) is 0. The van der Waals surface area contributed by atoms with E-state index in [9.17, 15) is 0 Å². The van der Waals surface area contributed by atoms with Crippen LogP contribution in [0.2, 0.25) is 0 Å². The Balaban J connectivity index is 2.21. The molecule has 0 atom stereocenters. The third-order valence-corrected chi connectivity index (χ3v) is 4.75. The van der Waals surface area contributed by atoms with Gasteiger partial charge in [0.05, 0.1) is 21.3 Å². The molecule has 3 rings (SSSR count). The summed E-state index contributed by atoms with van der Waals surface area (Å²) in [5.74, 6) is 2.41. The zero-order valence-electron chi connectivity index (χ0n) is 16.9. The van der Waals surface area contributed by atoms with Gasteiger partial charge in [-0.1, -0.05) is 49.4 Å². The minimum atomic E-state index is 0.755. The molecule has 0 bridgehead atoms. The lowest BCUT2D eigenvalue weighted by Gasteiger charge is -2.15. The van der Waals surface area contributed by atoms with Crippen LogP contribution in [0.4, 0.5) is 0 Å². The third kappa shape index (κ3) is 4.37. The summed E-state index contributed by atoms with van der Waals surface area (Å²) in [6.07, 6.45) is 3.10. The fraction of sp³-hybridized carbons (Fsp3) is 0.200. The lowest BCUT2D eigenvalue weighted by atomic mass is 9.94. The second kappa shape index (κ2) is 9.14. The van der Waals surface area contributed by atoms with Crippen LogP contribution in [0, 0.1) is 0 Å². The molecular formula is C25H26O3. The average Bonchev–Trinajstić information content (AvgIpc) is 2.77. The van der Waals surface area contributed by atoms with Crippen molar-refractivity contribution >= 4 is 11.6 Å². The summed E-state index contributed by atoms with van der Waals surface area (Å²) in [6.45, 7) is 2.13. The van der Waals surface area contributed by atoms with Gasteiger partial charge in [-0.3, -0.25) is 0 Å². The standard InChI is InChI=1S/C25H26O3/c1-5-19-11-12-20(16-25(19)28-4)24(13-18-9-7-6-8-10-18)21-14-22(26-2)17-23(15-21)27-3/h6-17H,5H2,1-4H3. The van der Waals surface area contributed by atoms with Crippen LogP contribution >= 0.6 is 0 Å². The minimum absolute atomic E-state index is 0.755. The van der Waals surface area contributed by atoms with Gasteiger partial charge in [0.25, 0.3) is 0 Å². The molecule has 0 aromatic heterocycles. The molecule has 28 heavy (non-hydrogen) atoms. The molecule has 0 saturated carbocycles. The van der Waals surface area contributed by atoms with Gasteiger partial charge in [0.15, 0.2) is 0 Å². The molecule has 3 heteroatoms. The summed E-state index contributed by atoms with van der Waals surface area (Å²) in [5.41, 5.74) is 5.48. The highest BCUT2D eigenvalue weighted by atomic mass is 16.5. The Morgan fingerprint density at radius 1 is 0.750 bits per heavy atom. The van der Waals surface area contributed by atoms with Gasteiger partial charge in [-0.2, -0.15) is 0 Å². The molecular weight excluding hydrogens is 348 g/mol. The Kier molecular flexibility index (Phi) is 6.38. The first kappa shape index (κ1) is 19.6. The first-order chi connectivity index (χ1) is 13.7. The van der Waals surface area contributed by atoms with Gasteiger partial charge < -0.3 is 14.2 Å². The molecule has 3 aromatic rings. The molecule has 0 aliphatic rings. The maximum Gasteiger partial charge on any atom is 0.123 e. The molecule has 0 unspecified atom stereocenters. The van der Waals surface area contributed by atoms with Crippen molar-refractivity contribution in [2.75, 3.05) is 21.3 Å². The Morgan fingerprint density at radius 3 is 2.00 bits per heavy atom. The van der Waals surface area contributed by atoms with Crippen LogP contribution < -0.4 is 14.2 Å². The van der Waals surface area contributed by atoms with Crippen LogP contribution in [0.25, 0.3) is 11.6 Å². The summed E-state index contributed by atoms with van der Waals surface area (Å²) >= 11 is 0. The molecule has 0 amide bonds. The third-order valence-electron chi connectivity index (χ3n) is 4.75. The van der Waals surface area contributed by atoms with Crippen LogP contribution in [0.5, 0.6) is 17.2 Å². The number of hydrogen-bond acceptors (Lipinski definition) is 3. The maximum absolute atomic E-state index is 5.63. The quantitative estimate of drug-likeness (QED) is 0.485. The van der Waals surface area contributed by atoms with E-state index in [-0.39, 0.29) is 0 Å². The first-order valence-corrected chi connectivity index (χ1v) is 9.36. The van der Waals surface area contributed by atoms with Gasteiger partial charge in [0, 0.05) is 6.07 Å². The SMILES string of the molecule is CCc1ccc(C(=Cc2ccccc2)c2cc(OC)cc(OC)c2)cc1OC. The lowest BCUT2D eigenvalue weighted by Crippen LogP contribution is -1.96. The maximum atomic E-state index is 5.63. The largest absolute Gasteiger partial charge is 0.497 e. The van der Waals surface area contributed by atoms with Gasteiger partial charge in [0.2, 0.25) is 0 Å². The van der Waals surface area contributed by atoms with Crippen molar-refractivity contribution in [3.05, 3.63) is 89.0 Å². The van der Waals surface area contributed by atoms with Crippen molar-refractivity contribution in [3.8, 4) is 17.2 Å². The number of benzene rings is 3. The Bertz CT molecular complexity index is 937. The van der Waals surface area contributed by atoms with Crippen LogP contribution in [0.3, 0.4) is 0 Å². The van der Waals surface area contributed by atoms with Gasteiger partial charge in [-0.05, 0) is 58.5 Å². The molecule has 0 N–H and O–H groups in total. The van der Waals surface area contributed by atoms with Gasteiger partial charge in [-0.25, -0.2) is 0 Å². The Hall–Kier alpha value is -3.20. The van der Waals surface area contributed by atoms with Gasteiger partial charge >= 0.3 is 0 Å². The van der Waals surface area contributed by atoms with E-state index >= 15 is 0 Å². The predicted molar refractivity (Wildman–Crippen MR) is 115 cm³/mol. The predicted octanol–water partition coefficient (Wildman–Crippen LogP) is 5.86. The highest BCUT2D eigenvalue weighted by molar-refractivity contribution is 5.92. The normalized spacial score (nSPS) is 11.2. The van der Waals surface area contributed by atoms with Crippen molar-refractivity contribution in [1.29, 1.82) is 0 Å². The zero-order chi connectivity index (χ0) is 19.9. The summed E-state index contributed by atoms with van der Waals surface area (Å²) in [4.78, 5) is 0. The van der Waals surface area contributed by atoms with Crippen LogP contribution in [-0.4, -0.2) is 21.3 Å². The monoisotopic (exact) mass is 374 g/mol. The van der Waals surface area contributed by atoms with E-state index in [0.717, 1.165) is 45.9 Å². The van der Waals surface area contributed by atoms with Crippen molar-refractivity contribution in [2.24, 2.45) is 0 Å². The topological polar surface area (TPSA) is 27.7 Å². The molecule has 0 saturated heterocycles. The van der Waals surface area contributed by atoms with Crippen molar-refractivity contribution in [2.45, 2.75) is 13.3 Å². The van der Waals surface area contributed by atoms with Crippen molar-refractivity contribution < 1.29 is 14.2 Å². The lowest BCUT2D eigenvalue weighted by molar-refractivity contribution is 0.394. The summed E-state index contributed by atoms with van der Waals surface area (Å²) in [6, 6.07) is 22.6. The highest BCUT2D eigenvalue weighted by Crippen LogP contribution is 2.34. The molecule has 3 nitrogen and oxygen atoms in total. The van der Waals surface area contributed by atoms with Crippen molar-refractivity contribution in [3.63, 3.8) is 0 Å². The number of ether oxygens (including phenoxy) is 3. The smallest absolute Gasteiger partial charge is 0.123 e. The van der Waals surface area contributed by atoms with Gasteiger partial charge in [-0.15, -0.1) is 0 Å². The number of aryl methyl sites for hydroxylation is 1. The fourth-order valence-electron chi connectivity index (χ4n) is 3.22. The van der Waals surface area contributed by atoms with E-state index in [2.05, 4.69) is 43.3 Å². The first-order valence-electron chi connectivity index (χ1n) is 9.36. The van der Waals surface area contributed by atoms with Crippen molar-refractivity contribution in [1.82, 2.24) is 0 Å². The molecule has 0 fully saturated rings. The van der Waals surface area contributed by atoms with E-state index in [0.29, 0.717) is 0 Å². The summed E-state index contributed by atoms with van der Waals surface area (Å²) in [7, 11) is 5.05. The molecule has 3 aromatic carbocycles. The molecule has 0 radical (unpaired) electrons. The average molecular weight is 374 g/mol.